The molecule has 0 aromatic heterocycles. The zero-order chi connectivity index (χ0) is 19.6. The van der Waals surface area contributed by atoms with Crippen LogP contribution in [0.15, 0.2) is 0 Å². The molecule has 4 amide bonds. The molecule has 0 rings (SSSR count). The maximum Gasteiger partial charge on any atom is 0.333 e. The fourth-order valence-electron chi connectivity index (χ4n) is 1.73. The van der Waals surface area contributed by atoms with Gasteiger partial charge in [-0.15, -0.1) is 0 Å². The van der Waals surface area contributed by atoms with Crippen molar-refractivity contribution in [3.8, 4) is 0 Å². The number of thiocarbonyl (C=S) groups is 2. The molecule has 0 aliphatic carbocycles. The smallest absolute Gasteiger partial charge is 0.333 e. The molecule has 0 bridgehead atoms. The molecular formula is C14H30N8O2S2. The monoisotopic (exact) mass is 406 g/mol. The number of hydrogen-bond donors (Lipinski definition) is 8. The quantitative estimate of drug-likeness (QED) is 0.152. The molecule has 0 unspecified atom stereocenters. The highest BCUT2D eigenvalue weighted by Gasteiger charge is 2.01. The summed E-state index contributed by atoms with van der Waals surface area (Å²) in [5.74, 6) is 0. The van der Waals surface area contributed by atoms with E-state index in [0.29, 0.717) is 36.4 Å². The number of amides is 4. The molecule has 0 aliphatic heterocycles. The third kappa shape index (κ3) is 15.4. The second-order valence-corrected chi connectivity index (χ2v) is 5.96. The second-order valence-electron chi connectivity index (χ2n) is 5.14. The molecule has 8 N–H and O–H groups in total. The van der Waals surface area contributed by atoms with Gasteiger partial charge < -0.3 is 21.3 Å². The Balaban J connectivity index is 3.42. The summed E-state index contributed by atoms with van der Waals surface area (Å²) in [6.07, 6.45) is 3.62. The first kappa shape index (κ1) is 23.9. The second kappa shape index (κ2) is 16.4. The van der Waals surface area contributed by atoms with Gasteiger partial charge >= 0.3 is 12.1 Å². The van der Waals surface area contributed by atoms with Gasteiger partial charge in [-0.3, -0.25) is 10.9 Å². The Labute approximate surface area is 165 Å². The van der Waals surface area contributed by atoms with Gasteiger partial charge in [-0.05, 0) is 51.1 Å². The molecule has 0 spiro atoms. The number of nitrogens with one attached hydrogen (secondary N) is 8. The first-order valence-corrected chi connectivity index (χ1v) is 9.46. The van der Waals surface area contributed by atoms with Crippen molar-refractivity contribution in [3.05, 3.63) is 0 Å². The summed E-state index contributed by atoms with van der Waals surface area (Å²) in [4.78, 5) is 22.9. The van der Waals surface area contributed by atoms with Crippen LogP contribution in [0.2, 0.25) is 0 Å². The van der Waals surface area contributed by atoms with E-state index in [2.05, 4.69) is 43.0 Å². The average molecular weight is 407 g/mol. The van der Waals surface area contributed by atoms with E-state index in [4.69, 9.17) is 24.4 Å². The Bertz CT molecular complexity index is 411. The summed E-state index contributed by atoms with van der Waals surface area (Å²) >= 11 is 9.83. The van der Waals surface area contributed by atoms with Crippen molar-refractivity contribution in [3.63, 3.8) is 0 Å². The third-order valence-electron chi connectivity index (χ3n) is 2.93. The molecule has 0 heterocycles. The summed E-state index contributed by atoms with van der Waals surface area (Å²) in [7, 11) is 0. The lowest BCUT2D eigenvalue weighted by Crippen LogP contribution is -2.50. The highest BCUT2D eigenvalue weighted by atomic mass is 32.1. The predicted octanol–water partition coefficient (Wildman–Crippen LogP) is -0.0568. The van der Waals surface area contributed by atoms with Crippen molar-refractivity contribution in [1.82, 2.24) is 43.0 Å². The predicted molar refractivity (Wildman–Crippen MR) is 110 cm³/mol. The lowest BCUT2D eigenvalue weighted by atomic mass is 10.2. The number of hydrazine groups is 2. The van der Waals surface area contributed by atoms with E-state index >= 15 is 0 Å². The highest BCUT2D eigenvalue weighted by Crippen LogP contribution is 1.97. The molecule has 0 atom stereocenters. The van der Waals surface area contributed by atoms with E-state index in [1.54, 1.807) is 0 Å². The molecular weight excluding hydrogens is 376 g/mol. The van der Waals surface area contributed by atoms with Gasteiger partial charge in [-0.25, -0.2) is 20.4 Å². The number of urea groups is 2. The topological polar surface area (TPSA) is 130 Å². The van der Waals surface area contributed by atoms with E-state index in [-0.39, 0.29) is 12.1 Å². The van der Waals surface area contributed by atoms with E-state index in [1.165, 1.54) is 0 Å². The Morgan fingerprint density at radius 3 is 1.35 bits per heavy atom. The van der Waals surface area contributed by atoms with Crippen LogP contribution in [0.1, 0.15) is 39.5 Å². The van der Waals surface area contributed by atoms with E-state index in [1.807, 2.05) is 13.8 Å². The van der Waals surface area contributed by atoms with Crippen LogP contribution in [-0.4, -0.2) is 48.5 Å². The summed E-state index contributed by atoms with van der Waals surface area (Å²) in [5, 5.41) is 11.9. The van der Waals surface area contributed by atoms with Crippen molar-refractivity contribution in [2.24, 2.45) is 0 Å². The van der Waals surface area contributed by atoms with Crippen molar-refractivity contribution < 1.29 is 9.59 Å². The summed E-state index contributed by atoms with van der Waals surface area (Å²) in [6, 6.07) is -0.655. The van der Waals surface area contributed by atoms with Gasteiger partial charge in [-0.1, -0.05) is 12.8 Å². The normalized spacial score (nSPS) is 9.46. The van der Waals surface area contributed by atoms with Crippen molar-refractivity contribution in [2.75, 3.05) is 26.2 Å². The molecule has 150 valence electrons. The molecule has 0 aromatic carbocycles. The minimum absolute atomic E-state index is 0.327. The minimum atomic E-state index is -0.327. The van der Waals surface area contributed by atoms with Gasteiger partial charge in [0.15, 0.2) is 10.2 Å². The van der Waals surface area contributed by atoms with Crippen molar-refractivity contribution in [1.29, 1.82) is 0 Å². The van der Waals surface area contributed by atoms with Gasteiger partial charge in [-0.2, -0.15) is 0 Å². The first-order valence-electron chi connectivity index (χ1n) is 8.64. The zero-order valence-electron chi connectivity index (χ0n) is 15.3. The van der Waals surface area contributed by atoms with Gasteiger partial charge in [0, 0.05) is 26.2 Å². The molecule has 26 heavy (non-hydrogen) atoms. The first-order chi connectivity index (χ1) is 12.5. The van der Waals surface area contributed by atoms with Crippen LogP contribution < -0.4 is 43.0 Å². The van der Waals surface area contributed by atoms with Crippen LogP contribution in [0.4, 0.5) is 9.59 Å². The molecule has 0 saturated carbocycles. The lowest BCUT2D eigenvalue weighted by molar-refractivity contribution is 0.237. The molecule has 0 aliphatic rings. The molecule has 12 heteroatoms. The third-order valence-corrected chi connectivity index (χ3v) is 3.42. The van der Waals surface area contributed by atoms with Crippen LogP contribution in [0, 0.1) is 0 Å². The van der Waals surface area contributed by atoms with Crippen molar-refractivity contribution in [2.45, 2.75) is 39.5 Å². The van der Waals surface area contributed by atoms with Gasteiger partial charge in [0.1, 0.15) is 0 Å². The van der Waals surface area contributed by atoms with Gasteiger partial charge in [0.25, 0.3) is 0 Å². The molecule has 0 fully saturated rings. The van der Waals surface area contributed by atoms with Gasteiger partial charge in [0.05, 0.1) is 0 Å². The fraction of sp³-hybridized carbons (Fsp3) is 0.714. The number of unbranched alkanes of at least 4 members (excludes halogenated alkanes) is 3. The summed E-state index contributed by atoms with van der Waals surface area (Å²) in [5.41, 5.74) is 10.0. The van der Waals surface area contributed by atoms with Crippen LogP contribution >= 0.6 is 24.4 Å². The van der Waals surface area contributed by atoms with Crippen LogP contribution in [-0.2, 0) is 0 Å². The number of hydrogen-bond acceptors (Lipinski definition) is 4. The zero-order valence-corrected chi connectivity index (χ0v) is 16.9. The standard InChI is InChI=1S/C14H30N8O2S2/c1-3-15-13(25)21-19-11(23)17-9-7-5-6-8-10-18-12(24)20-22-14(26)16-4-2/h3-10H2,1-2H3,(H2,15,21,25)(H2,16,22,26)(H2,17,19,23)(H2,18,20,24). The highest BCUT2D eigenvalue weighted by molar-refractivity contribution is 7.80. The average Bonchev–Trinajstić information content (AvgIpc) is 2.61. The van der Waals surface area contributed by atoms with Crippen LogP contribution in [0.25, 0.3) is 0 Å². The van der Waals surface area contributed by atoms with Crippen molar-refractivity contribution >= 4 is 46.7 Å². The van der Waals surface area contributed by atoms with Crippen LogP contribution in [0.3, 0.4) is 0 Å². The largest absolute Gasteiger partial charge is 0.362 e. The molecule has 0 saturated heterocycles. The molecule has 0 aromatic rings. The van der Waals surface area contributed by atoms with E-state index in [9.17, 15) is 9.59 Å². The fourth-order valence-corrected chi connectivity index (χ4v) is 2.12. The number of rotatable bonds is 9. The van der Waals surface area contributed by atoms with Crippen LogP contribution in [0.5, 0.6) is 0 Å². The summed E-state index contributed by atoms with van der Waals surface area (Å²) < 4.78 is 0. The Morgan fingerprint density at radius 2 is 1.00 bits per heavy atom. The maximum absolute atomic E-state index is 11.5. The number of carbonyl (C=O) groups is 2. The van der Waals surface area contributed by atoms with Gasteiger partial charge in [0.2, 0.25) is 0 Å². The minimum Gasteiger partial charge on any atom is -0.362 e. The van der Waals surface area contributed by atoms with E-state index in [0.717, 1.165) is 25.7 Å². The SMILES string of the molecule is CCNC(=S)NNC(=O)NCCCCCCNC(=O)NNC(=S)NCC. The molecule has 10 nitrogen and oxygen atoms in total. The summed E-state index contributed by atoms with van der Waals surface area (Å²) in [6.45, 7) is 6.33. The lowest BCUT2D eigenvalue weighted by Gasteiger charge is -2.11. The Morgan fingerprint density at radius 1 is 0.615 bits per heavy atom. The molecule has 0 radical (unpaired) electrons. The van der Waals surface area contributed by atoms with E-state index < -0.39 is 0 Å². The number of carbonyl (C=O) groups excluding carboxylic acids is 2. The Kier molecular flexibility index (Phi) is 15.1. The Hall–Kier alpha value is -2.08. The maximum atomic E-state index is 11.5.